The first-order valence-electron chi connectivity index (χ1n) is 8.74. The zero-order valence-electron chi connectivity index (χ0n) is 14.5. The van der Waals surface area contributed by atoms with Crippen molar-refractivity contribution in [2.24, 2.45) is 0 Å². The number of ether oxygens (including phenoxy) is 1. The van der Waals surface area contributed by atoms with E-state index in [1.54, 1.807) is 0 Å². The summed E-state index contributed by atoms with van der Waals surface area (Å²) in [4.78, 5) is 14.7. The number of carbonyl (C=O) groups excluding carboxylic acids is 1. The molecule has 2 fully saturated rings. The number of benzene rings is 1. The summed E-state index contributed by atoms with van der Waals surface area (Å²) in [5.74, 6) is -0.0232. The zero-order valence-corrected chi connectivity index (χ0v) is 16.2. The minimum Gasteiger partial charge on any atom is -0.378 e. The third kappa shape index (κ3) is 7.12. The normalized spacial score (nSPS) is 21.4. The molecule has 1 aromatic carbocycles. The molecule has 1 amide bonds. The molecule has 2 heterocycles. The average Bonchev–Trinajstić information content (AvgIpc) is 2.86. The van der Waals surface area contributed by atoms with Gasteiger partial charge < -0.3 is 15.4 Å². The van der Waals surface area contributed by atoms with Crippen LogP contribution in [0.2, 0.25) is 0 Å². The van der Waals surface area contributed by atoms with E-state index in [2.05, 4.69) is 27.7 Å². The van der Waals surface area contributed by atoms with E-state index in [1.807, 2.05) is 12.1 Å². The number of morpholine rings is 1. The van der Waals surface area contributed by atoms with E-state index < -0.39 is 0 Å². The lowest BCUT2D eigenvalue weighted by molar-refractivity contribution is -0.120. The number of likely N-dealkylation sites (tertiary alicyclic amines) is 1. The average molecular weight is 390 g/mol. The molecule has 1 aromatic rings. The molecule has 1 unspecified atom stereocenters. The third-order valence-corrected chi connectivity index (χ3v) is 4.56. The van der Waals surface area contributed by atoms with Crippen LogP contribution in [0.15, 0.2) is 24.3 Å². The lowest BCUT2D eigenvalue weighted by atomic mass is 10.1. The summed E-state index contributed by atoms with van der Waals surface area (Å²) >= 11 is 0. The van der Waals surface area contributed by atoms with Crippen LogP contribution in [-0.2, 0) is 16.1 Å². The van der Waals surface area contributed by atoms with Gasteiger partial charge in [0.1, 0.15) is 6.04 Å². The van der Waals surface area contributed by atoms with Crippen molar-refractivity contribution in [1.82, 2.24) is 10.2 Å². The smallest absolute Gasteiger partial charge is 0.243 e. The Morgan fingerprint density at radius 3 is 2.40 bits per heavy atom. The summed E-state index contributed by atoms with van der Waals surface area (Å²) in [7, 11) is 0. The van der Waals surface area contributed by atoms with Crippen LogP contribution in [0.5, 0.6) is 0 Å². The fourth-order valence-electron chi connectivity index (χ4n) is 3.21. The highest BCUT2D eigenvalue weighted by atomic mass is 35.5. The van der Waals surface area contributed by atoms with Gasteiger partial charge in [-0.25, -0.2) is 0 Å². The predicted molar refractivity (Wildman–Crippen MR) is 106 cm³/mol. The van der Waals surface area contributed by atoms with Crippen molar-refractivity contribution >= 4 is 36.4 Å². The highest BCUT2D eigenvalue weighted by molar-refractivity contribution is 5.95. The quantitative estimate of drug-likeness (QED) is 0.830. The standard InChI is InChI=1S/C18H27N3O2.2ClH/c22-18(17-14-23-12-9-19-17)20-16-7-5-15(6-8-16)13-21-10-3-1-2-4-11-21;;/h5-8,17,19H,1-4,9-14H2,(H,20,22);2*1H. The molecule has 0 radical (unpaired) electrons. The molecule has 3 rings (SSSR count). The first-order valence-corrected chi connectivity index (χ1v) is 8.74. The fraction of sp³-hybridized carbons (Fsp3) is 0.611. The maximum Gasteiger partial charge on any atom is 0.243 e. The van der Waals surface area contributed by atoms with Crippen LogP contribution < -0.4 is 10.6 Å². The largest absolute Gasteiger partial charge is 0.378 e. The Hall–Kier alpha value is -0.850. The van der Waals surface area contributed by atoms with E-state index in [0.29, 0.717) is 13.2 Å². The molecule has 0 spiro atoms. The Labute approximate surface area is 162 Å². The van der Waals surface area contributed by atoms with E-state index in [4.69, 9.17) is 4.74 Å². The Balaban J connectivity index is 0.00000156. The molecular weight excluding hydrogens is 361 g/mol. The van der Waals surface area contributed by atoms with E-state index >= 15 is 0 Å². The van der Waals surface area contributed by atoms with Gasteiger partial charge in [0.25, 0.3) is 0 Å². The summed E-state index contributed by atoms with van der Waals surface area (Å²) in [6, 6.07) is 7.97. The molecular formula is C18H29Cl2N3O2. The summed E-state index contributed by atoms with van der Waals surface area (Å²) < 4.78 is 5.33. The van der Waals surface area contributed by atoms with Crippen LogP contribution in [-0.4, -0.2) is 49.7 Å². The van der Waals surface area contributed by atoms with Gasteiger partial charge in [-0.3, -0.25) is 9.69 Å². The monoisotopic (exact) mass is 389 g/mol. The van der Waals surface area contributed by atoms with Gasteiger partial charge in [0.15, 0.2) is 0 Å². The van der Waals surface area contributed by atoms with Gasteiger partial charge in [0, 0.05) is 18.8 Å². The first kappa shape index (κ1) is 22.2. The lowest BCUT2D eigenvalue weighted by Gasteiger charge is -2.23. The minimum atomic E-state index is -0.250. The van der Waals surface area contributed by atoms with E-state index in [0.717, 1.165) is 18.8 Å². The second-order valence-corrected chi connectivity index (χ2v) is 6.46. The van der Waals surface area contributed by atoms with Crippen molar-refractivity contribution in [1.29, 1.82) is 0 Å². The van der Waals surface area contributed by atoms with Gasteiger partial charge in [-0.1, -0.05) is 25.0 Å². The number of halogens is 2. The van der Waals surface area contributed by atoms with Gasteiger partial charge in [0.2, 0.25) is 5.91 Å². The lowest BCUT2D eigenvalue weighted by Crippen LogP contribution is -2.48. The number of rotatable bonds is 4. The molecule has 5 nitrogen and oxygen atoms in total. The number of carbonyl (C=O) groups is 1. The van der Waals surface area contributed by atoms with E-state index in [-0.39, 0.29) is 36.8 Å². The highest BCUT2D eigenvalue weighted by Gasteiger charge is 2.21. The van der Waals surface area contributed by atoms with Gasteiger partial charge in [-0.2, -0.15) is 0 Å². The molecule has 2 aliphatic rings. The number of nitrogens with zero attached hydrogens (tertiary/aromatic N) is 1. The van der Waals surface area contributed by atoms with Crippen LogP contribution in [0.1, 0.15) is 31.2 Å². The molecule has 2 saturated heterocycles. The van der Waals surface area contributed by atoms with Gasteiger partial charge in [0.05, 0.1) is 13.2 Å². The number of anilines is 1. The first-order chi connectivity index (χ1) is 11.3. The molecule has 2 N–H and O–H groups in total. The molecule has 142 valence electrons. The number of hydrogen-bond donors (Lipinski definition) is 2. The highest BCUT2D eigenvalue weighted by Crippen LogP contribution is 2.15. The molecule has 2 aliphatic heterocycles. The second-order valence-electron chi connectivity index (χ2n) is 6.46. The molecule has 25 heavy (non-hydrogen) atoms. The van der Waals surface area contributed by atoms with E-state index in [1.165, 1.54) is 44.3 Å². The summed E-state index contributed by atoms with van der Waals surface area (Å²) in [6.07, 6.45) is 5.34. The van der Waals surface area contributed by atoms with Gasteiger partial charge in [-0.15, -0.1) is 24.8 Å². The predicted octanol–water partition coefficient (Wildman–Crippen LogP) is 2.83. The van der Waals surface area contributed by atoms with Crippen molar-refractivity contribution in [3.8, 4) is 0 Å². The zero-order chi connectivity index (χ0) is 15.9. The fourth-order valence-corrected chi connectivity index (χ4v) is 3.21. The minimum absolute atomic E-state index is 0. The van der Waals surface area contributed by atoms with Crippen molar-refractivity contribution in [3.05, 3.63) is 29.8 Å². The Morgan fingerprint density at radius 1 is 1.12 bits per heavy atom. The van der Waals surface area contributed by atoms with Crippen LogP contribution in [0.4, 0.5) is 5.69 Å². The Kier molecular flexibility index (Phi) is 10.4. The van der Waals surface area contributed by atoms with Gasteiger partial charge in [-0.05, 0) is 43.6 Å². The SMILES string of the molecule is Cl.Cl.O=C(Nc1ccc(CN2CCCCCC2)cc1)C1COCCN1. The summed E-state index contributed by atoms with van der Waals surface area (Å²) in [6.45, 7) is 5.25. The maximum absolute atomic E-state index is 12.1. The Morgan fingerprint density at radius 2 is 1.80 bits per heavy atom. The van der Waals surface area contributed by atoms with Crippen molar-refractivity contribution in [3.63, 3.8) is 0 Å². The van der Waals surface area contributed by atoms with Crippen LogP contribution in [0.3, 0.4) is 0 Å². The number of hydrogen-bond acceptors (Lipinski definition) is 4. The summed E-state index contributed by atoms with van der Waals surface area (Å²) in [5, 5.41) is 6.12. The molecule has 0 aliphatic carbocycles. The number of nitrogens with one attached hydrogen (secondary N) is 2. The molecule has 1 atom stereocenters. The summed E-state index contributed by atoms with van der Waals surface area (Å²) in [5.41, 5.74) is 2.16. The van der Waals surface area contributed by atoms with Crippen molar-refractivity contribution in [2.75, 3.05) is 38.2 Å². The van der Waals surface area contributed by atoms with Crippen molar-refractivity contribution in [2.45, 2.75) is 38.3 Å². The molecule has 0 aromatic heterocycles. The number of amides is 1. The molecule has 0 bridgehead atoms. The van der Waals surface area contributed by atoms with Crippen LogP contribution >= 0.6 is 24.8 Å². The topological polar surface area (TPSA) is 53.6 Å². The van der Waals surface area contributed by atoms with Gasteiger partial charge >= 0.3 is 0 Å². The second kappa shape index (κ2) is 11.7. The van der Waals surface area contributed by atoms with Crippen LogP contribution in [0.25, 0.3) is 0 Å². The Bertz CT molecular complexity index is 500. The third-order valence-electron chi connectivity index (χ3n) is 4.56. The molecule has 0 saturated carbocycles. The van der Waals surface area contributed by atoms with E-state index in [9.17, 15) is 4.79 Å². The molecule has 7 heteroatoms. The van der Waals surface area contributed by atoms with Crippen molar-refractivity contribution < 1.29 is 9.53 Å². The maximum atomic E-state index is 12.1. The van der Waals surface area contributed by atoms with Crippen LogP contribution in [0, 0.1) is 0 Å².